The Balaban J connectivity index is 1.87. The summed E-state index contributed by atoms with van der Waals surface area (Å²) in [6, 6.07) is 7.67. The summed E-state index contributed by atoms with van der Waals surface area (Å²) in [6.45, 7) is 0.174. The molecular formula is C15H11N3O4. The number of imide groups is 1. The molecule has 0 radical (unpaired) electrons. The minimum atomic E-state index is -0.642. The molecule has 110 valence electrons. The summed E-state index contributed by atoms with van der Waals surface area (Å²) in [5, 5.41) is 11.0. The maximum Gasteiger partial charge on any atom is 0.282 e. The Kier molecular flexibility index (Phi) is 3.38. The van der Waals surface area contributed by atoms with Gasteiger partial charge in [0.05, 0.1) is 10.5 Å². The largest absolute Gasteiger partial charge is 0.282 e. The van der Waals surface area contributed by atoms with Gasteiger partial charge in [-0.3, -0.25) is 29.6 Å². The minimum Gasteiger partial charge on any atom is -0.274 e. The van der Waals surface area contributed by atoms with Crippen molar-refractivity contribution in [2.75, 3.05) is 6.54 Å². The van der Waals surface area contributed by atoms with E-state index in [-0.39, 0.29) is 23.4 Å². The SMILES string of the molecule is O=C1c2cccc([N+](=O)[O-])c2C(=O)N1CCc1ccncc1. The number of hydrogen-bond acceptors (Lipinski definition) is 5. The Labute approximate surface area is 125 Å². The first-order valence-corrected chi connectivity index (χ1v) is 6.62. The van der Waals surface area contributed by atoms with Crippen LogP contribution in [0.5, 0.6) is 0 Å². The lowest BCUT2D eigenvalue weighted by molar-refractivity contribution is -0.385. The average molecular weight is 297 g/mol. The highest BCUT2D eigenvalue weighted by atomic mass is 16.6. The molecule has 0 fully saturated rings. The molecule has 2 heterocycles. The van der Waals surface area contributed by atoms with Crippen LogP contribution in [-0.4, -0.2) is 33.2 Å². The summed E-state index contributed by atoms with van der Waals surface area (Å²) in [5.41, 5.74) is 0.574. The highest BCUT2D eigenvalue weighted by Crippen LogP contribution is 2.30. The zero-order chi connectivity index (χ0) is 15.7. The van der Waals surface area contributed by atoms with Crippen LogP contribution in [0.2, 0.25) is 0 Å². The molecule has 1 aliphatic rings. The van der Waals surface area contributed by atoms with E-state index in [9.17, 15) is 19.7 Å². The van der Waals surface area contributed by atoms with Gasteiger partial charge in [0.25, 0.3) is 17.5 Å². The Bertz CT molecular complexity index is 774. The van der Waals surface area contributed by atoms with Gasteiger partial charge in [0.15, 0.2) is 0 Å². The van der Waals surface area contributed by atoms with Gasteiger partial charge in [-0.25, -0.2) is 0 Å². The fourth-order valence-corrected chi connectivity index (χ4v) is 2.46. The zero-order valence-electron chi connectivity index (χ0n) is 11.4. The molecule has 7 heteroatoms. The van der Waals surface area contributed by atoms with Gasteiger partial charge in [-0.2, -0.15) is 0 Å². The van der Waals surface area contributed by atoms with E-state index in [1.165, 1.54) is 18.2 Å². The van der Waals surface area contributed by atoms with Crippen LogP contribution in [0.3, 0.4) is 0 Å². The van der Waals surface area contributed by atoms with Crippen LogP contribution in [0.4, 0.5) is 5.69 Å². The van der Waals surface area contributed by atoms with E-state index in [0.29, 0.717) is 6.42 Å². The van der Waals surface area contributed by atoms with E-state index in [4.69, 9.17) is 0 Å². The van der Waals surface area contributed by atoms with Gasteiger partial charge in [0.2, 0.25) is 0 Å². The number of amides is 2. The molecule has 0 spiro atoms. The summed E-state index contributed by atoms with van der Waals surface area (Å²) in [7, 11) is 0. The molecule has 1 aromatic carbocycles. The van der Waals surface area contributed by atoms with Gasteiger partial charge in [0.1, 0.15) is 5.56 Å². The zero-order valence-corrected chi connectivity index (χ0v) is 11.4. The number of pyridine rings is 1. The van der Waals surface area contributed by atoms with Crippen molar-refractivity contribution in [2.45, 2.75) is 6.42 Å². The molecule has 0 saturated carbocycles. The quantitative estimate of drug-likeness (QED) is 0.487. The fourth-order valence-electron chi connectivity index (χ4n) is 2.46. The van der Waals surface area contributed by atoms with Gasteiger partial charge in [-0.1, -0.05) is 6.07 Å². The smallest absolute Gasteiger partial charge is 0.274 e. The number of aromatic nitrogens is 1. The summed E-state index contributed by atoms with van der Waals surface area (Å²) >= 11 is 0. The molecule has 1 aliphatic heterocycles. The third-order valence-electron chi connectivity index (χ3n) is 3.55. The van der Waals surface area contributed by atoms with Gasteiger partial charge >= 0.3 is 0 Å². The number of nitro groups is 1. The summed E-state index contributed by atoms with van der Waals surface area (Å²) in [6.07, 6.45) is 3.73. The van der Waals surface area contributed by atoms with Crippen LogP contribution in [0.15, 0.2) is 42.7 Å². The average Bonchev–Trinajstić information content (AvgIpc) is 2.78. The van der Waals surface area contributed by atoms with Crippen molar-refractivity contribution in [1.29, 1.82) is 0 Å². The summed E-state index contributed by atoms with van der Waals surface area (Å²) in [5.74, 6) is -1.10. The van der Waals surface area contributed by atoms with Crippen molar-refractivity contribution in [1.82, 2.24) is 9.88 Å². The highest BCUT2D eigenvalue weighted by Gasteiger charge is 2.40. The third kappa shape index (κ3) is 2.22. The van der Waals surface area contributed by atoms with Crippen LogP contribution in [0, 0.1) is 10.1 Å². The van der Waals surface area contributed by atoms with Crippen molar-refractivity contribution in [2.24, 2.45) is 0 Å². The molecule has 0 saturated heterocycles. The first-order valence-electron chi connectivity index (χ1n) is 6.62. The molecule has 2 aromatic rings. The Morgan fingerprint density at radius 3 is 2.50 bits per heavy atom. The molecule has 0 atom stereocenters. The van der Waals surface area contributed by atoms with Gasteiger partial charge in [-0.15, -0.1) is 0 Å². The van der Waals surface area contributed by atoms with Gasteiger partial charge in [-0.05, 0) is 30.2 Å². The lowest BCUT2D eigenvalue weighted by Gasteiger charge is -2.13. The van der Waals surface area contributed by atoms with E-state index in [1.54, 1.807) is 24.5 Å². The molecule has 1 aromatic heterocycles. The number of nitro benzene ring substituents is 1. The molecule has 2 amide bonds. The third-order valence-corrected chi connectivity index (χ3v) is 3.55. The molecule has 0 unspecified atom stereocenters. The number of rotatable bonds is 4. The Morgan fingerprint density at radius 2 is 1.82 bits per heavy atom. The number of carbonyl (C=O) groups is 2. The van der Waals surface area contributed by atoms with Crippen molar-refractivity contribution >= 4 is 17.5 Å². The first-order chi connectivity index (χ1) is 10.6. The fraction of sp³-hybridized carbons (Fsp3) is 0.133. The highest BCUT2D eigenvalue weighted by molar-refractivity contribution is 6.23. The van der Waals surface area contributed by atoms with E-state index >= 15 is 0 Å². The normalized spacial score (nSPS) is 13.4. The van der Waals surface area contributed by atoms with Crippen molar-refractivity contribution in [3.63, 3.8) is 0 Å². The predicted molar refractivity (Wildman–Crippen MR) is 76.4 cm³/mol. The molecule has 0 N–H and O–H groups in total. The van der Waals surface area contributed by atoms with Crippen LogP contribution < -0.4 is 0 Å². The molecule has 3 rings (SSSR count). The predicted octanol–water partition coefficient (Wildman–Crippen LogP) is 1.83. The molecular weight excluding hydrogens is 286 g/mol. The van der Waals surface area contributed by atoms with E-state index in [0.717, 1.165) is 10.5 Å². The van der Waals surface area contributed by atoms with Crippen LogP contribution in [0.25, 0.3) is 0 Å². The maximum absolute atomic E-state index is 12.3. The number of fused-ring (bicyclic) bond motifs is 1. The lowest BCUT2D eigenvalue weighted by Crippen LogP contribution is -2.31. The second-order valence-corrected chi connectivity index (χ2v) is 4.82. The molecule has 0 aliphatic carbocycles. The first kappa shape index (κ1) is 13.9. The minimum absolute atomic E-state index is 0.0916. The molecule has 0 bridgehead atoms. The maximum atomic E-state index is 12.3. The van der Waals surface area contributed by atoms with Crippen molar-refractivity contribution < 1.29 is 14.5 Å². The van der Waals surface area contributed by atoms with Crippen molar-refractivity contribution in [3.05, 3.63) is 69.5 Å². The Hall–Kier alpha value is -3.09. The van der Waals surface area contributed by atoms with E-state index in [1.807, 2.05) is 0 Å². The molecule has 7 nitrogen and oxygen atoms in total. The summed E-state index contributed by atoms with van der Waals surface area (Å²) in [4.78, 5) is 39.9. The number of hydrogen-bond donors (Lipinski definition) is 0. The van der Waals surface area contributed by atoms with Crippen LogP contribution in [-0.2, 0) is 6.42 Å². The second-order valence-electron chi connectivity index (χ2n) is 4.82. The number of carbonyl (C=O) groups excluding carboxylic acids is 2. The van der Waals surface area contributed by atoms with Crippen LogP contribution in [0.1, 0.15) is 26.3 Å². The molecule has 22 heavy (non-hydrogen) atoms. The lowest BCUT2D eigenvalue weighted by atomic mass is 10.1. The Morgan fingerprint density at radius 1 is 1.09 bits per heavy atom. The summed E-state index contributed by atoms with van der Waals surface area (Å²) < 4.78 is 0. The number of benzene rings is 1. The van der Waals surface area contributed by atoms with E-state index in [2.05, 4.69) is 4.98 Å². The standard InChI is InChI=1S/C15H11N3O4/c19-14-11-2-1-3-12(18(21)22)13(11)15(20)17(14)9-6-10-4-7-16-8-5-10/h1-5,7-8H,6,9H2. The van der Waals surface area contributed by atoms with Crippen molar-refractivity contribution in [3.8, 4) is 0 Å². The monoisotopic (exact) mass is 297 g/mol. The van der Waals surface area contributed by atoms with Gasteiger partial charge in [0, 0.05) is 25.0 Å². The topological polar surface area (TPSA) is 93.4 Å². The van der Waals surface area contributed by atoms with E-state index < -0.39 is 16.7 Å². The number of nitrogens with zero attached hydrogens (tertiary/aromatic N) is 3. The van der Waals surface area contributed by atoms with Crippen LogP contribution >= 0.6 is 0 Å². The van der Waals surface area contributed by atoms with Gasteiger partial charge < -0.3 is 0 Å². The second kappa shape index (κ2) is 5.36.